The standard InChI is InChI=1S/C13H19FN2O3S/c1-3-9(2)12(13(15)17)16-20(18,19)8-10-5-4-6-11(14)7-10/h4-7,9,12,16H,3,8H2,1-2H3,(H2,15,17)/t9-,12-/m0/s1. The van der Waals surface area contributed by atoms with Crippen LogP contribution in [0.4, 0.5) is 4.39 Å². The summed E-state index contributed by atoms with van der Waals surface area (Å²) in [5.74, 6) is -1.84. The molecule has 0 aliphatic heterocycles. The predicted molar refractivity (Wildman–Crippen MR) is 74.6 cm³/mol. The largest absolute Gasteiger partial charge is 0.368 e. The van der Waals surface area contributed by atoms with Crippen LogP contribution in [0.2, 0.25) is 0 Å². The number of amides is 1. The van der Waals surface area contributed by atoms with Gasteiger partial charge in [-0.3, -0.25) is 4.79 Å². The molecule has 0 saturated carbocycles. The fraction of sp³-hybridized carbons (Fsp3) is 0.462. The molecule has 0 heterocycles. The number of primary amides is 1. The zero-order valence-electron chi connectivity index (χ0n) is 11.5. The summed E-state index contributed by atoms with van der Waals surface area (Å²) in [5.41, 5.74) is 5.52. The van der Waals surface area contributed by atoms with Crippen LogP contribution in [0.5, 0.6) is 0 Å². The minimum absolute atomic E-state index is 0.213. The van der Waals surface area contributed by atoms with Gasteiger partial charge in [-0.1, -0.05) is 32.4 Å². The van der Waals surface area contributed by atoms with Gasteiger partial charge in [0.2, 0.25) is 15.9 Å². The molecule has 0 bridgehead atoms. The molecule has 0 aliphatic carbocycles. The Bertz CT molecular complexity index is 575. The molecular formula is C13H19FN2O3S. The first-order valence-electron chi connectivity index (χ1n) is 6.29. The first kappa shape index (κ1) is 16.6. The Labute approximate surface area is 118 Å². The Kier molecular flexibility index (Phi) is 5.64. The lowest BCUT2D eigenvalue weighted by molar-refractivity contribution is -0.120. The molecule has 7 heteroatoms. The van der Waals surface area contributed by atoms with E-state index in [0.717, 1.165) is 6.07 Å². The molecule has 1 rings (SSSR count). The van der Waals surface area contributed by atoms with Crippen molar-refractivity contribution in [3.05, 3.63) is 35.6 Å². The van der Waals surface area contributed by atoms with Crippen LogP contribution in [-0.4, -0.2) is 20.4 Å². The van der Waals surface area contributed by atoms with Gasteiger partial charge >= 0.3 is 0 Å². The van der Waals surface area contributed by atoms with E-state index in [1.54, 1.807) is 6.92 Å². The highest BCUT2D eigenvalue weighted by atomic mass is 32.2. The van der Waals surface area contributed by atoms with E-state index >= 15 is 0 Å². The summed E-state index contributed by atoms with van der Waals surface area (Å²) in [5, 5.41) is 0. The van der Waals surface area contributed by atoms with Crippen LogP contribution in [0.15, 0.2) is 24.3 Å². The van der Waals surface area contributed by atoms with Crippen molar-refractivity contribution in [2.75, 3.05) is 0 Å². The summed E-state index contributed by atoms with van der Waals surface area (Å²) in [6.07, 6.45) is 0.607. The molecule has 0 radical (unpaired) electrons. The summed E-state index contributed by atoms with van der Waals surface area (Å²) in [4.78, 5) is 11.3. The quantitative estimate of drug-likeness (QED) is 0.791. The van der Waals surface area contributed by atoms with Crippen molar-refractivity contribution < 1.29 is 17.6 Å². The van der Waals surface area contributed by atoms with Gasteiger partial charge in [-0.15, -0.1) is 0 Å². The van der Waals surface area contributed by atoms with Gasteiger partial charge in [-0.2, -0.15) is 0 Å². The van der Waals surface area contributed by atoms with Crippen molar-refractivity contribution >= 4 is 15.9 Å². The van der Waals surface area contributed by atoms with E-state index in [1.807, 2.05) is 6.92 Å². The predicted octanol–water partition coefficient (Wildman–Crippen LogP) is 1.15. The lowest BCUT2D eigenvalue weighted by Crippen LogP contribution is -2.48. The number of hydrogen-bond donors (Lipinski definition) is 2. The van der Waals surface area contributed by atoms with Crippen molar-refractivity contribution in [1.29, 1.82) is 0 Å². The third-order valence-corrected chi connectivity index (χ3v) is 4.40. The molecule has 0 saturated heterocycles. The van der Waals surface area contributed by atoms with Crippen molar-refractivity contribution in [3.63, 3.8) is 0 Å². The molecule has 2 atom stereocenters. The van der Waals surface area contributed by atoms with Gasteiger partial charge < -0.3 is 5.73 Å². The van der Waals surface area contributed by atoms with Crippen LogP contribution in [0.1, 0.15) is 25.8 Å². The van der Waals surface area contributed by atoms with E-state index < -0.39 is 33.5 Å². The molecule has 3 N–H and O–H groups in total. The fourth-order valence-electron chi connectivity index (χ4n) is 1.77. The van der Waals surface area contributed by atoms with Gasteiger partial charge in [0, 0.05) is 0 Å². The molecule has 0 fully saturated rings. The molecule has 112 valence electrons. The van der Waals surface area contributed by atoms with Crippen LogP contribution in [-0.2, 0) is 20.6 Å². The van der Waals surface area contributed by atoms with Crippen LogP contribution in [0.25, 0.3) is 0 Å². The molecule has 0 spiro atoms. The second kappa shape index (κ2) is 6.81. The molecule has 0 unspecified atom stereocenters. The van der Waals surface area contributed by atoms with Gasteiger partial charge in [-0.25, -0.2) is 17.5 Å². The highest BCUT2D eigenvalue weighted by molar-refractivity contribution is 7.88. The Hall–Kier alpha value is -1.47. The molecule has 20 heavy (non-hydrogen) atoms. The number of rotatable bonds is 7. The summed E-state index contributed by atoms with van der Waals surface area (Å²) < 4.78 is 39.3. The molecule has 1 aromatic carbocycles. The monoisotopic (exact) mass is 302 g/mol. The summed E-state index contributed by atoms with van der Waals surface area (Å²) >= 11 is 0. The minimum atomic E-state index is -3.77. The zero-order valence-corrected chi connectivity index (χ0v) is 12.3. The highest BCUT2D eigenvalue weighted by Gasteiger charge is 2.27. The number of hydrogen-bond acceptors (Lipinski definition) is 3. The third-order valence-electron chi connectivity index (χ3n) is 3.07. The average molecular weight is 302 g/mol. The lowest BCUT2D eigenvalue weighted by atomic mass is 10.00. The van der Waals surface area contributed by atoms with Crippen LogP contribution in [0.3, 0.4) is 0 Å². The van der Waals surface area contributed by atoms with Crippen molar-refractivity contribution in [1.82, 2.24) is 4.72 Å². The number of benzene rings is 1. The number of carbonyl (C=O) groups is 1. The van der Waals surface area contributed by atoms with Gasteiger partial charge in [0.1, 0.15) is 11.9 Å². The third kappa shape index (κ3) is 4.90. The van der Waals surface area contributed by atoms with E-state index in [4.69, 9.17) is 5.73 Å². The maximum atomic E-state index is 13.0. The second-order valence-electron chi connectivity index (χ2n) is 4.77. The smallest absolute Gasteiger partial charge is 0.235 e. The van der Waals surface area contributed by atoms with Gasteiger partial charge in [-0.05, 0) is 23.6 Å². The molecule has 5 nitrogen and oxygen atoms in total. The summed E-state index contributed by atoms with van der Waals surface area (Å²) in [7, 11) is -3.77. The minimum Gasteiger partial charge on any atom is -0.368 e. The summed E-state index contributed by atoms with van der Waals surface area (Å²) in [6.45, 7) is 3.57. The second-order valence-corrected chi connectivity index (χ2v) is 6.53. The first-order valence-corrected chi connectivity index (χ1v) is 7.94. The molecular weight excluding hydrogens is 283 g/mol. The zero-order chi connectivity index (χ0) is 15.3. The van der Waals surface area contributed by atoms with Gasteiger partial charge in [0.25, 0.3) is 0 Å². The number of carbonyl (C=O) groups excluding carboxylic acids is 1. The molecule has 0 aromatic heterocycles. The Balaban J connectivity index is 2.85. The van der Waals surface area contributed by atoms with Crippen LogP contribution in [0, 0.1) is 11.7 Å². The Morgan fingerprint density at radius 2 is 2.10 bits per heavy atom. The van der Waals surface area contributed by atoms with Crippen LogP contribution >= 0.6 is 0 Å². The maximum absolute atomic E-state index is 13.0. The van der Waals surface area contributed by atoms with Gasteiger partial charge in [0.15, 0.2) is 0 Å². The topological polar surface area (TPSA) is 89.3 Å². The van der Waals surface area contributed by atoms with E-state index in [0.29, 0.717) is 12.0 Å². The Morgan fingerprint density at radius 3 is 2.60 bits per heavy atom. The molecule has 0 aliphatic rings. The average Bonchev–Trinajstić information content (AvgIpc) is 2.34. The van der Waals surface area contributed by atoms with Crippen molar-refractivity contribution in [3.8, 4) is 0 Å². The number of nitrogens with two attached hydrogens (primary N) is 1. The highest BCUT2D eigenvalue weighted by Crippen LogP contribution is 2.12. The van der Waals surface area contributed by atoms with E-state index in [-0.39, 0.29) is 5.92 Å². The van der Waals surface area contributed by atoms with Crippen molar-refractivity contribution in [2.45, 2.75) is 32.1 Å². The summed E-state index contributed by atoms with van der Waals surface area (Å²) in [6, 6.07) is 4.35. The molecule has 1 amide bonds. The molecule has 1 aromatic rings. The van der Waals surface area contributed by atoms with Crippen LogP contribution < -0.4 is 10.5 Å². The fourth-order valence-corrected chi connectivity index (χ4v) is 3.21. The van der Waals surface area contributed by atoms with E-state index in [9.17, 15) is 17.6 Å². The maximum Gasteiger partial charge on any atom is 0.235 e. The van der Waals surface area contributed by atoms with Gasteiger partial charge in [0.05, 0.1) is 5.75 Å². The number of nitrogens with one attached hydrogen (secondary N) is 1. The first-order chi connectivity index (χ1) is 9.25. The lowest BCUT2D eigenvalue weighted by Gasteiger charge is -2.21. The number of sulfonamides is 1. The normalized spacial score (nSPS) is 14.8. The van der Waals surface area contributed by atoms with E-state index in [2.05, 4.69) is 4.72 Å². The van der Waals surface area contributed by atoms with E-state index in [1.165, 1.54) is 18.2 Å². The Morgan fingerprint density at radius 1 is 1.45 bits per heavy atom. The SMILES string of the molecule is CC[C@H](C)[C@H](NS(=O)(=O)Cc1cccc(F)c1)C(N)=O. The number of halogens is 1. The van der Waals surface area contributed by atoms with Crippen molar-refractivity contribution in [2.24, 2.45) is 11.7 Å².